The number of para-hydroxylation sites is 1. The van der Waals surface area contributed by atoms with Crippen molar-refractivity contribution in [2.45, 2.75) is 92.2 Å². The Morgan fingerprint density at radius 1 is 0.537 bits per heavy atom. The van der Waals surface area contributed by atoms with E-state index in [4.69, 9.17) is 22.3 Å². The summed E-state index contributed by atoms with van der Waals surface area (Å²) in [7, 11) is 0. The molecule has 0 saturated heterocycles. The molecule has 5 heteroatoms. The molecule has 0 fully saturated rings. The molecule has 0 radical (unpaired) electrons. The van der Waals surface area contributed by atoms with Crippen molar-refractivity contribution in [3.05, 3.63) is 192 Å². The van der Waals surface area contributed by atoms with Crippen molar-refractivity contribution in [1.82, 2.24) is 14.5 Å². The molecule has 67 heavy (non-hydrogen) atoms. The third kappa shape index (κ3) is 9.47. The summed E-state index contributed by atoms with van der Waals surface area (Å²) in [6, 6.07) is 52.7. The van der Waals surface area contributed by atoms with Crippen LogP contribution in [0.5, 0.6) is 5.75 Å². The molecule has 4 nitrogen and oxygen atoms in total. The summed E-state index contributed by atoms with van der Waals surface area (Å²) in [6.07, 6.45) is 1.66. The van der Waals surface area contributed by atoms with Gasteiger partial charge in [0.15, 0.2) is 0 Å². The maximum Gasteiger partial charge on any atom is 0.148 e. The molecule has 9 rings (SSSR count). The molecule has 0 aliphatic rings. The van der Waals surface area contributed by atoms with E-state index in [9.17, 15) is 5.11 Å². The summed E-state index contributed by atoms with van der Waals surface area (Å²) in [5.74, 6) is 0.725. The monoisotopic (exact) mass is 1070 g/mol. The number of aryl methyl sites for hydroxylation is 2. The molecular weight excluding hydrogens is 998 g/mol. The zero-order valence-corrected chi connectivity index (χ0v) is 41.4. The number of imidazole rings is 1. The van der Waals surface area contributed by atoms with Gasteiger partial charge in [0.1, 0.15) is 11.6 Å². The molecule has 2 aromatic heterocycles. The van der Waals surface area contributed by atoms with Crippen molar-refractivity contribution < 1.29 is 38.5 Å². The van der Waals surface area contributed by atoms with Gasteiger partial charge in [-0.25, -0.2) is 4.98 Å². The van der Waals surface area contributed by atoms with Crippen LogP contribution in [0.1, 0.15) is 102 Å². The maximum atomic E-state index is 12.0. The number of rotatable bonds is 7. The molecule has 0 bridgehead atoms. The summed E-state index contributed by atoms with van der Waals surface area (Å²) in [4.78, 5) is 10.4. The Hall–Kier alpha value is -6.35. The van der Waals surface area contributed by atoms with E-state index >= 15 is 0 Å². The van der Waals surface area contributed by atoms with E-state index in [-0.39, 0.29) is 43.2 Å². The number of phenols is 1. The van der Waals surface area contributed by atoms with Crippen LogP contribution in [0.15, 0.2) is 158 Å². The number of nitrogens with zero attached hydrogens (tertiary/aromatic N) is 3. The minimum atomic E-state index is -3.38. The van der Waals surface area contributed by atoms with Gasteiger partial charge in [-0.05, 0) is 104 Å². The Morgan fingerprint density at radius 3 is 1.84 bits per heavy atom. The first-order valence-electron chi connectivity index (χ1n) is 26.9. The Labute approximate surface area is 424 Å². The zero-order valence-electron chi connectivity index (χ0n) is 48.1. The predicted octanol–water partition coefficient (Wildman–Crippen LogP) is 16.4. The quantitative estimate of drug-likeness (QED) is 0.162. The molecule has 9 aromatic rings. The first-order chi connectivity index (χ1) is 35.1. The predicted molar refractivity (Wildman–Crippen MR) is 278 cm³/mol. The smallest absolute Gasteiger partial charge is 0.148 e. The number of fused-ring (bicyclic) bond motifs is 1. The normalized spacial score (nSPS) is 14.6. The van der Waals surface area contributed by atoms with Crippen LogP contribution in [0.3, 0.4) is 0 Å². The molecular formula is C62H60N3OPt-. The summed E-state index contributed by atoms with van der Waals surface area (Å²) < 4.78 is 76.2. The van der Waals surface area contributed by atoms with Gasteiger partial charge >= 0.3 is 0 Å². The first-order valence-corrected chi connectivity index (χ1v) is 22.4. The van der Waals surface area contributed by atoms with Gasteiger partial charge in [-0.1, -0.05) is 194 Å². The van der Waals surface area contributed by atoms with Crippen LogP contribution in [0, 0.1) is 19.9 Å². The van der Waals surface area contributed by atoms with Gasteiger partial charge < -0.3 is 5.11 Å². The standard InChI is InChI=1S/C62H60N3O.Pt/c1-39-32-40(2)58(66)53(33-39)59-64-57-52(18-15-19-55(57)65(59)56-38-50(62(9,10)11)28-29-51(56)43-22-26-49(27-23-43)61(6,7)8)46-34-45(41-16-13-12-14-17-41)35-47(36-46)54-37-44(30-31-63-54)42-20-24-48(25-21-42)60(3,4)5;/h12-35,37-38,66H,1-11H3;/q-1;/i3D3,4D3,5D3;. The van der Waals surface area contributed by atoms with Gasteiger partial charge in [0.2, 0.25) is 0 Å². The second-order valence-corrected chi connectivity index (χ2v) is 19.6. The Bertz CT molecular complexity index is 3570. The van der Waals surface area contributed by atoms with E-state index in [1.54, 1.807) is 24.4 Å². The number of hydrogen-bond acceptors (Lipinski definition) is 3. The molecule has 2 heterocycles. The van der Waals surface area contributed by atoms with Crippen LogP contribution in [0.2, 0.25) is 0 Å². The van der Waals surface area contributed by atoms with Gasteiger partial charge in [0, 0.05) is 50.9 Å². The third-order valence-corrected chi connectivity index (χ3v) is 12.5. The van der Waals surface area contributed by atoms with E-state index in [0.717, 1.165) is 61.3 Å². The minimum Gasteiger partial charge on any atom is -0.507 e. The van der Waals surface area contributed by atoms with Crippen LogP contribution in [0.25, 0.3) is 83.9 Å². The van der Waals surface area contributed by atoms with Crippen molar-refractivity contribution in [3.63, 3.8) is 0 Å². The minimum absolute atomic E-state index is 0. The summed E-state index contributed by atoms with van der Waals surface area (Å²) in [5, 5.41) is 12.0. The average molecular weight is 1070 g/mol. The molecule has 0 unspecified atom stereocenters. The molecule has 7 aromatic carbocycles. The van der Waals surface area contributed by atoms with Crippen LogP contribution < -0.4 is 0 Å². The molecule has 0 aliphatic heterocycles. The molecule has 0 atom stereocenters. The average Bonchev–Trinajstić information content (AvgIpc) is 3.74. The van der Waals surface area contributed by atoms with Gasteiger partial charge in [-0.2, -0.15) is 0 Å². The van der Waals surface area contributed by atoms with Crippen molar-refractivity contribution in [1.29, 1.82) is 0 Å². The third-order valence-electron chi connectivity index (χ3n) is 12.5. The second-order valence-electron chi connectivity index (χ2n) is 19.6. The van der Waals surface area contributed by atoms with Crippen molar-refractivity contribution >= 4 is 11.0 Å². The summed E-state index contributed by atoms with van der Waals surface area (Å²) >= 11 is 0. The topological polar surface area (TPSA) is 50.9 Å². The summed E-state index contributed by atoms with van der Waals surface area (Å²) in [5.41, 5.74) is 11.4. The first kappa shape index (κ1) is 36.7. The van der Waals surface area contributed by atoms with E-state index < -0.39 is 26.0 Å². The molecule has 340 valence electrons. The largest absolute Gasteiger partial charge is 0.507 e. The second kappa shape index (κ2) is 18.0. The fourth-order valence-electron chi connectivity index (χ4n) is 8.77. The van der Waals surface area contributed by atoms with Crippen molar-refractivity contribution in [2.75, 3.05) is 0 Å². The van der Waals surface area contributed by atoms with E-state index in [2.05, 4.69) is 107 Å². The number of benzene rings is 7. The van der Waals surface area contributed by atoms with Crippen molar-refractivity contribution in [3.8, 4) is 78.6 Å². The van der Waals surface area contributed by atoms with Gasteiger partial charge in [0.25, 0.3) is 0 Å². The van der Waals surface area contributed by atoms with Crippen LogP contribution in [-0.2, 0) is 37.3 Å². The van der Waals surface area contributed by atoms with E-state index in [1.165, 1.54) is 17.7 Å². The number of pyridine rings is 1. The zero-order chi connectivity index (χ0) is 54.2. The van der Waals surface area contributed by atoms with Gasteiger partial charge in [0.05, 0.1) is 22.3 Å². The van der Waals surface area contributed by atoms with Crippen LogP contribution >= 0.6 is 0 Å². The Kier molecular flexibility index (Phi) is 9.89. The van der Waals surface area contributed by atoms with Crippen LogP contribution in [-0.4, -0.2) is 19.6 Å². The fourth-order valence-corrected chi connectivity index (χ4v) is 8.77. The SMILES string of the molecule is [2H]C([2H])([2H])C(c1ccc(-c2ccnc(-c3[c-]c(-c4cccc5c4nc(-c4cc(C)cc(C)c4O)n5-c4cc(C(C)(C)C)ccc4-c4ccc(C(C)(C)C)cc4)cc(-c4ccccc4)c3)c2)cc1)(C([2H])([2H])[2H])C([2H])([2H])[2H].[Pt]. The Morgan fingerprint density at radius 2 is 1.16 bits per heavy atom. The van der Waals surface area contributed by atoms with E-state index in [0.29, 0.717) is 39.3 Å². The molecule has 0 spiro atoms. The fraction of sp³-hybridized carbons (Fsp3) is 0.226. The summed E-state index contributed by atoms with van der Waals surface area (Å²) in [6.45, 7) is 7.03. The number of phenolic OH excluding ortho intramolecular Hbond substituents is 1. The Balaban J connectivity index is 0.00000765. The van der Waals surface area contributed by atoms with Crippen molar-refractivity contribution in [2.24, 2.45) is 0 Å². The molecule has 0 saturated carbocycles. The van der Waals surface area contributed by atoms with Gasteiger partial charge in [-0.15, -0.1) is 23.8 Å². The van der Waals surface area contributed by atoms with Crippen LogP contribution in [0.4, 0.5) is 0 Å². The molecule has 0 amide bonds. The maximum absolute atomic E-state index is 12.0. The molecule has 1 N–H and O–H groups in total. The van der Waals surface area contributed by atoms with E-state index in [1.807, 2.05) is 80.6 Å². The number of aromatic nitrogens is 3. The van der Waals surface area contributed by atoms with Gasteiger partial charge in [-0.3, -0.25) is 9.55 Å². The number of hydrogen-bond donors (Lipinski definition) is 1. The number of aromatic hydroxyl groups is 1. The molecule has 0 aliphatic carbocycles.